The van der Waals surface area contributed by atoms with E-state index in [1.165, 1.54) is 5.56 Å². The lowest BCUT2D eigenvalue weighted by Gasteiger charge is -2.34. The van der Waals surface area contributed by atoms with Gasteiger partial charge >= 0.3 is 0 Å². The van der Waals surface area contributed by atoms with E-state index in [9.17, 15) is 4.79 Å². The minimum Gasteiger partial charge on any atom is -0.340 e. The molecule has 0 radical (unpaired) electrons. The van der Waals surface area contributed by atoms with E-state index in [1.807, 2.05) is 23.1 Å². The number of piperazine rings is 1. The van der Waals surface area contributed by atoms with Crippen molar-refractivity contribution in [1.29, 1.82) is 0 Å². The molecule has 1 aliphatic heterocycles. The Morgan fingerprint density at radius 2 is 1.86 bits per heavy atom. The Morgan fingerprint density at radius 3 is 2.52 bits per heavy atom. The number of carbonyl (C=O) groups excluding carboxylic acids is 1. The van der Waals surface area contributed by atoms with Gasteiger partial charge in [0.15, 0.2) is 0 Å². The van der Waals surface area contributed by atoms with E-state index in [0.717, 1.165) is 39.1 Å². The van der Waals surface area contributed by atoms with Crippen molar-refractivity contribution in [1.82, 2.24) is 9.80 Å². The highest BCUT2D eigenvalue weighted by atomic mass is 35.5. The van der Waals surface area contributed by atoms with Gasteiger partial charge in [-0.05, 0) is 12.0 Å². The summed E-state index contributed by atoms with van der Waals surface area (Å²) >= 11 is 5.63. The van der Waals surface area contributed by atoms with Crippen LogP contribution in [0, 0.1) is 0 Å². The molecule has 0 saturated carbocycles. The van der Waals surface area contributed by atoms with Gasteiger partial charge in [0.25, 0.3) is 0 Å². The van der Waals surface area contributed by atoms with Crippen LogP contribution in [0.4, 0.5) is 0 Å². The first-order valence-electron chi connectivity index (χ1n) is 7.57. The molecular weight excluding hydrogens is 284 g/mol. The molecule has 0 atom stereocenters. The molecular formula is C17H23ClN2O. The van der Waals surface area contributed by atoms with Gasteiger partial charge in [-0.2, -0.15) is 0 Å². The highest BCUT2D eigenvalue weighted by Crippen LogP contribution is 2.07. The quantitative estimate of drug-likeness (QED) is 0.755. The van der Waals surface area contributed by atoms with Crippen LogP contribution < -0.4 is 0 Å². The number of halogens is 1. The Labute approximate surface area is 132 Å². The summed E-state index contributed by atoms with van der Waals surface area (Å²) in [6, 6.07) is 10.3. The average Bonchev–Trinajstić information content (AvgIpc) is 2.54. The standard InChI is InChI=1S/C17H23ClN2O/c18-10-4-9-17(21)20-14-12-19(13-15-20)11-5-8-16-6-2-1-3-7-16/h1-3,5-8H,4,9-15H2. The fourth-order valence-corrected chi connectivity index (χ4v) is 2.59. The van der Waals surface area contributed by atoms with Gasteiger partial charge in [0.2, 0.25) is 5.91 Å². The van der Waals surface area contributed by atoms with Crippen LogP contribution >= 0.6 is 11.6 Å². The predicted octanol–water partition coefficient (Wildman–Crippen LogP) is 2.86. The van der Waals surface area contributed by atoms with Crippen LogP contribution in [0.25, 0.3) is 6.08 Å². The van der Waals surface area contributed by atoms with E-state index in [2.05, 4.69) is 29.2 Å². The maximum absolute atomic E-state index is 11.9. The number of hydrogen-bond acceptors (Lipinski definition) is 2. The van der Waals surface area contributed by atoms with E-state index < -0.39 is 0 Å². The first-order chi connectivity index (χ1) is 10.3. The zero-order valence-corrected chi connectivity index (χ0v) is 13.1. The highest BCUT2D eigenvalue weighted by molar-refractivity contribution is 6.17. The SMILES string of the molecule is O=C(CCCCl)N1CCN(CC=Cc2ccccc2)CC1. The lowest BCUT2D eigenvalue weighted by Crippen LogP contribution is -2.48. The second-order valence-electron chi connectivity index (χ2n) is 5.29. The van der Waals surface area contributed by atoms with Crippen molar-refractivity contribution in [3.63, 3.8) is 0 Å². The maximum atomic E-state index is 11.9. The van der Waals surface area contributed by atoms with Crippen molar-refractivity contribution in [2.45, 2.75) is 12.8 Å². The predicted molar refractivity (Wildman–Crippen MR) is 88.5 cm³/mol. The van der Waals surface area contributed by atoms with Crippen molar-refractivity contribution in [3.8, 4) is 0 Å². The summed E-state index contributed by atoms with van der Waals surface area (Å²) in [5.41, 5.74) is 1.23. The third-order valence-electron chi connectivity index (χ3n) is 3.72. The van der Waals surface area contributed by atoms with Gasteiger partial charge in [-0.25, -0.2) is 0 Å². The number of amides is 1. The van der Waals surface area contributed by atoms with Crippen molar-refractivity contribution in [2.24, 2.45) is 0 Å². The van der Waals surface area contributed by atoms with Gasteiger partial charge in [0.1, 0.15) is 0 Å². The van der Waals surface area contributed by atoms with Crippen molar-refractivity contribution in [2.75, 3.05) is 38.6 Å². The normalized spacial score (nSPS) is 16.5. The van der Waals surface area contributed by atoms with E-state index in [-0.39, 0.29) is 5.91 Å². The van der Waals surface area contributed by atoms with Gasteiger partial charge in [-0.1, -0.05) is 42.5 Å². The largest absolute Gasteiger partial charge is 0.340 e. The minimum atomic E-state index is 0.245. The number of alkyl halides is 1. The molecule has 1 aromatic rings. The van der Waals surface area contributed by atoms with Crippen LogP contribution in [0.3, 0.4) is 0 Å². The summed E-state index contributed by atoms with van der Waals surface area (Å²) in [4.78, 5) is 16.2. The molecule has 0 N–H and O–H groups in total. The molecule has 2 rings (SSSR count). The van der Waals surface area contributed by atoms with Gasteiger partial charge in [0, 0.05) is 45.0 Å². The van der Waals surface area contributed by atoms with Crippen molar-refractivity contribution >= 4 is 23.6 Å². The molecule has 4 heteroatoms. The van der Waals surface area contributed by atoms with E-state index in [4.69, 9.17) is 11.6 Å². The fourth-order valence-electron chi connectivity index (χ4n) is 2.46. The molecule has 114 valence electrons. The van der Waals surface area contributed by atoms with Crippen molar-refractivity contribution in [3.05, 3.63) is 42.0 Å². The number of benzene rings is 1. The molecule has 1 saturated heterocycles. The molecule has 1 aliphatic rings. The topological polar surface area (TPSA) is 23.6 Å². The van der Waals surface area contributed by atoms with Crippen molar-refractivity contribution < 1.29 is 4.79 Å². The van der Waals surface area contributed by atoms with Crippen LogP contribution in [0.2, 0.25) is 0 Å². The lowest BCUT2D eigenvalue weighted by atomic mass is 10.2. The second kappa shape index (κ2) is 8.85. The number of carbonyl (C=O) groups is 1. The number of rotatable bonds is 6. The highest BCUT2D eigenvalue weighted by Gasteiger charge is 2.19. The Hall–Kier alpha value is -1.32. The Morgan fingerprint density at radius 1 is 1.14 bits per heavy atom. The Kier molecular flexibility index (Phi) is 6.77. The third-order valence-corrected chi connectivity index (χ3v) is 3.99. The summed E-state index contributed by atoms with van der Waals surface area (Å²) in [5, 5.41) is 0. The van der Waals surface area contributed by atoms with Gasteiger partial charge < -0.3 is 4.90 Å². The summed E-state index contributed by atoms with van der Waals surface area (Å²) in [6.07, 6.45) is 5.70. The molecule has 1 fully saturated rings. The van der Waals surface area contributed by atoms with Gasteiger partial charge in [-0.15, -0.1) is 11.6 Å². The molecule has 3 nitrogen and oxygen atoms in total. The van der Waals surface area contributed by atoms with Crippen LogP contribution in [0.5, 0.6) is 0 Å². The monoisotopic (exact) mass is 306 g/mol. The zero-order chi connectivity index (χ0) is 14.9. The smallest absolute Gasteiger partial charge is 0.222 e. The molecule has 0 unspecified atom stereocenters. The van der Waals surface area contributed by atoms with Crippen LogP contribution in [0.1, 0.15) is 18.4 Å². The molecule has 0 bridgehead atoms. The Bertz CT molecular complexity index is 453. The number of nitrogens with zero attached hydrogens (tertiary/aromatic N) is 2. The summed E-state index contributed by atoms with van der Waals surface area (Å²) in [6.45, 7) is 4.51. The first kappa shape index (κ1) is 16.1. The zero-order valence-electron chi connectivity index (χ0n) is 12.4. The molecule has 0 spiro atoms. The van der Waals surface area contributed by atoms with E-state index in [0.29, 0.717) is 12.3 Å². The fraction of sp³-hybridized carbons (Fsp3) is 0.471. The Balaban J connectivity index is 1.69. The summed E-state index contributed by atoms with van der Waals surface area (Å²) < 4.78 is 0. The average molecular weight is 307 g/mol. The summed E-state index contributed by atoms with van der Waals surface area (Å²) in [5.74, 6) is 0.811. The minimum absolute atomic E-state index is 0.245. The molecule has 1 heterocycles. The molecule has 1 aromatic carbocycles. The second-order valence-corrected chi connectivity index (χ2v) is 5.66. The number of hydrogen-bond donors (Lipinski definition) is 0. The lowest BCUT2D eigenvalue weighted by molar-refractivity contribution is -0.132. The summed E-state index contributed by atoms with van der Waals surface area (Å²) in [7, 11) is 0. The van der Waals surface area contributed by atoms with E-state index in [1.54, 1.807) is 0 Å². The molecule has 0 aliphatic carbocycles. The van der Waals surface area contributed by atoms with Crippen LogP contribution in [-0.2, 0) is 4.79 Å². The van der Waals surface area contributed by atoms with Gasteiger partial charge in [-0.3, -0.25) is 9.69 Å². The van der Waals surface area contributed by atoms with Gasteiger partial charge in [0.05, 0.1) is 0 Å². The van der Waals surface area contributed by atoms with Crippen LogP contribution in [-0.4, -0.2) is 54.3 Å². The maximum Gasteiger partial charge on any atom is 0.222 e. The molecule has 21 heavy (non-hydrogen) atoms. The van der Waals surface area contributed by atoms with Crippen LogP contribution in [0.15, 0.2) is 36.4 Å². The third kappa shape index (κ3) is 5.52. The first-order valence-corrected chi connectivity index (χ1v) is 8.11. The molecule has 1 amide bonds. The molecule has 0 aromatic heterocycles. The van der Waals surface area contributed by atoms with E-state index >= 15 is 0 Å².